The average Bonchev–Trinajstić information content (AvgIpc) is 3.51. The van der Waals surface area contributed by atoms with E-state index < -0.39 is 15.6 Å². The molecule has 242 valence electrons. The molecule has 0 aliphatic carbocycles. The summed E-state index contributed by atoms with van der Waals surface area (Å²) < 4.78 is 32.7. The number of carbonyl (C=O) groups excluding carboxylic acids is 1. The maximum absolute atomic E-state index is 13.8. The number of hydrogen-bond donors (Lipinski definition) is 1. The van der Waals surface area contributed by atoms with Crippen molar-refractivity contribution in [3.8, 4) is 5.69 Å². The van der Waals surface area contributed by atoms with E-state index in [0.29, 0.717) is 34.5 Å². The van der Waals surface area contributed by atoms with Gasteiger partial charge in [-0.15, -0.1) is 0 Å². The van der Waals surface area contributed by atoms with Crippen LogP contribution in [0.2, 0.25) is 15.1 Å². The number of halogens is 3. The molecule has 13 heteroatoms. The van der Waals surface area contributed by atoms with E-state index in [9.17, 15) is 18.0 Å². The standard InChI is InChI=1S/C33H34Cl3N5O4S/c1-22-30(32(43)41(38(22)2)25-7-4-3-5-8-25)37-46(44,45)29-18-24(10-12-27(29)35)31(42)40-15-6-13-33(21-40)14-16-39(20-33)19-23-9-11-26(34)28(36)17-23/h3-5,7-12,17-18,37H,6,13-16,19-21H2,1-2H3. The van der Waals surface area contributed by atoms with Crippen LogP contribution >= 0.6 is 34.8 Å². The summed E-state index contributed by atoms with van der Waals surface area (Å²) >= 11 is 18.7. The molecule has 3 heterocycles. The zero-order valence-corrected chi connectivity index (χ0v) is 28.6. The van der Waals surface area contributed by atoms with Crippen LogP contribution in [0.4, 0.5) is 5.69 Å². The second kappa shape index (κ2) is 12.7. The maximum Gasteiger partial charge on any atom is 0.296 e. The molecule has 46 heavy (non-hydrogen) atoms. The summed E-state index contributed by atoms with van der Waals surface area (Å²) in [5.41, 5.74) is 1.65. The van der Waals surface area contributed by atoms with Gasteiger partial charge in [0.25, 0.3) is 21.5 Å². The van der Waals surface area contributed by atoms with Crippen molar-refractivity contribution >= 4 is 56.4 Å². The Morgan fingerprint density at radius 1 is 0.913 bits per heavy atom. The molecule has 9 nitrogen and oxygen atoms in total. The molecule has 3 aromatic carbocycles. The van der Waals surface area contributed by atoms with Crippen LogP contribution in [-0.4, -0.2) is 59.7 Å². The van der Waals surface area contributed by atoms with E-state index >= 15 is 0 Å². The van der Waals surface area contributed by atoms with E-state index in [-0.39, 0.29) is 32.5 Å². The maximum atomic E-state index is 13.8. The zero-order chi connectivity index (χ0) is 32.8. The van der Waals surface area contributed by atoms with E-state index in [1.807, 2.05) is 29.2 Å². The number of hydrogen-bond acceptors (Lipinski definition) is 5. The van der Waals surface area contributed by atoms with Crippen LogP contribution in [-0.2, 0) is 23.6 Å². The number of piperidine rings is 1. The van der Waals surface area contributed by atoms with E-state index in [1.54, 1.807) is 49.0 Å². The molecule has 1 spiro atoms. The van der Waals surface area contributed by atoms with Gasteiger partial charge in [0.2, 0.25) is 0 Å². The van der Waals surface area contributed by atoms with Crippen LogP contribution < -0.4 is 10.3 Å². The summed E-state index contributed by atoms with van der Waals surface area (Å²) in [6.07, 6.45) is 2.82. The van der Waals surface area contributed by atoms with Crippen LogP contribution in [0.25, 0.3) is 5.69 Å². The minimum absolute atomic E-state index is 0.0451. The fourth-order valence-corrected chi connectivity index (χ4v) is 8.64. The molecule has 2 saturated heterocycles. The van der Waals surface area contributed by atoms with Crippen molar-refractivity contribution in [1.82, 2.24) is 19.2 Å². The minimum atomic E-state index is -4.33. The lowest BCUT2D eigenvalue weighted by Crippen LogP contribution is -2.47. The van der Waals surface area contributed by atoms with Gasteiger partial charge in [-0.25, -0.2) is 13.1 Å². The van der Waals surface area contributed by atoms with Gasteiger partial charge < -0.3 is 4.90 Å². The highest BCUT2D eigenvalue weighted by molar-refractivity contribution is 7.92. The van der Waals surface area contributed by atoms with Gasteiger partial charge in [0.05, 0.1) is 26.4 Å². The number of anilines is 1. The molecule has 0 radical (unpaired) electrons. The third-order valence-electron chi connectivity index (χ3n) is 9.11. The molecule has 1 N–H and O–H groups in total. The van der Waals surface area contributed by atoms with Gasteiger partial charge in [-0.05, 0) is 80.8 Å². The fourth-order valence-electron chi connectivity index (χ4n) is 6.67. The van der Waals surface area contributed by atoms with Crippen LogP contribution in [0.3, 0.4) is 0 Å². The predicted molar refractivity (Wildman–Crippen MR) is 182 cm³/mol. The molecular weight excluding hydrogens is 669 g/mol. The number of nitrogens with one attached hydrogen (secondary N) is 1. The van der Waals surface area contributed by atoms with E-state index in [1.165, 1.54) is 16.8 Å². The van der Waals surface area contributed by atoms with E-state index in [0.717, 1.165) is 44.5 Å². The van der Waals surface area contributed by atoms with Crippen molar-refractivity contribution in [2.45, 2.75) is 37.6 Å². The van der Waals surface area contributed by atoms with E-state index in [4.69, 9.17) is 34.8 Å². The number of aromatic nitrogens is 2. The summed E-state index contributed by atoms with van der Waals surface area (Å²) in [6, 6.07) is 18.9. The molecule has 1 amide bonds. The SMILES string of the molecule is Cc1c(NS(=O)(=O)c2cc(C(=O)N3CCCC4(CCN(Cc5ccc(Cl)c(Cl)c5)C4)C3)ccc2Cl)c(=O)n(-c2ccccc2)n1C. The average molecular weight is 703 g/mol. The zero-order valence-electron chi connectivity index (χ0n) is 25.5. The smallest absolute Gasteiger partial charge is 0.296 e. The van der Waals surface area contributed by atoms with Gasteiger partial charge in [0.1, 0.15) is 10.6 Å². The topological polar surface area (TPSA) is 96.7 Å². The molecule has 6 rings (SSSR count). The van der Waals surface area contributed by atoms with Crippen molar-refractivity contribution in [3.05, 3.63) is 109 Å². The van der Waals surface area contributed by atoms with Gasteiger partial charge in [0.15, 0.2) is 0 Å². The molecule has 2 fully saturated rings. The highest BCUT2D eigenvalue weighted by Gasteiger charge is 2.42. The van der Waals surface area contributed by atoms with Crippen molar-refractivity contribution in [1.29, 1.82) is 0 Å². The second-order valence-electron chi connectivity index (χ2n) is 12.2. The van der Waals surface area contributed by atoms with Crippen LogP contribution in [0, 0.1) is 12.3 Å². The lowest BCUT2D eigenvalue weighted by atomic mass is 9.79. The van der Waals surface area contributed by atoms with Gasteiger partial charge in [-0.1, -0.05) is 59.1 Å². The molecule has 2 aliphatic rings. The lowest BCUT2D eigenvalue weighted by Gasteiger charge is -2.40. The first-order valence-corrected chi connectivity index (χ1v) is 17.6. The van der Waals surface area contributed by atoms with Crippen molar-refractivity contribution < 1.29 is 13.2 Å². The van der Waals surface area contributed by atoms with Crippen LogP contribution in [0.15, 0.2) is 76.4 Å². The summed E-state index contributed by atoms with van der Waals surface area (Å²) in [5, 5.41) is 1.01. The summed E-state index contributed by atoms with van der Waals surface area (Å²) in [7, 11) is -2.65. The Hall–Kier alpha value is -3.28. The summed E-state index contributed by atoms with van der Waals surface area (Å²) in [5.74, 6) is -0.252. The van der Waals surface area contributed by atoms with Gasteiger partial charge in [-0.3, -0.25) is 23.9 Å². The highest BCUT2D eigenvalue weighted by atomic mass is 35.5. The number of sulfonamides is 1. The predicted octanol–water partition coefficient (Wildman–Crippen LogP) is 6.37. The van der Waals surface area contributed by atoms with Crippen molar-refractivity contribution in [2.24, 2.45) is 12.5 Å². The fraction of sp³-hybridized carbons (Fsp3) is 0.333. The molecule has 0 bridgehead atoms. The number of carbonyl (C=O) groups is 1. The van der Waals surface area contributed by atoms with Crippen LogP contribution in [0.1, 0.15) is 40.9 Å². The van der Waals surface area contributed by atoms with Crippen molar-refractivity contribution in [3.63, 3.8) is 0 Å². The van der Waals surface area contributed by atoms with Gasteiger partial charge in [-0.2, -0.15) is 0 Å². The molecule has 4 aromatic rings. The number of amides is 1. The quantitative estimate of drug-likeness (QED) is 0.242. The molecule has 2 aliphatic heterocycles. The number of rotatable bonds is 7. The molecule has 0 saturated carbocycles. The largest absolute Gasteiger partial charge is 0.338 e. The third-order valence-corrected chi connectivity index (χ3v) is 11.7. The Kier molecular flexibility index (Phi) is 9.04. The normalized spacial score (nSPS) is 18.8. The Balaban J connectivity index is 1.20. The van der Waals surface area contributed by atoms with Gasteiger partial charge in [0, 0.05) is 44.2 Å². The van der Waals surface area contributed by atoms with E-state index in [2.05, 4.69) is 9.62 Å². The number of likely N-dealkylation sites (tertiary alicyclic amines) is 2. The lowest BCUT2D eigenvalue weighted by molar-refractivity contribution is 0.0526. The first kappa shape index (κ1) is 32.7. The second-order valence-corrected chi connectivity index (χ2v) is 15.1. The number of benzene rings is 3. The first-order chi connectivity index (χ1) is 21.9. The number of para-hydroxylation sites is 1. The van der Waals surface area contributed by atoms with Crippen LogP contribution in [0.5, 0.6) is 0 Å². The number of nitrogens with zero attached hydrogens (tertiary/aromatic N) is 4. The monoisotopic (exact) mass is 701 g/mol. The van der Waals surface area contributed by atoms with Gasteiger partial charge >= 0.3 is 0 Å². The Labute approximate surface area is 283 Å². The third kappa shape index (κ3) is 6.33. The Morgan fingerprint density at radius 3 is 2.39 bits per heavy atom. The Morgan fingerprint density at radius 2 is 1.65 bits per heavy atom. The molecule has 1 aromatic heterocycles. The molecule has 1 atom stereocenters. The molecule has 1 unspecified atom stereocenters. The minimum Gasteiger partial charge on any atom is -0.338 e. The molecular formula is C33H34Cl3N5O4S. The highest BCUT2D eigenvalue weighted by Crippen LogP contribution is 2.40. The Bertz CT molecular complexity index is 1980. The summed E-state index contributed by atoms with van der Waals surface area (Å²) in [6.45, 7) is 5.31. The first-order valence-electron chi connectivity index (χ1n) is 15.0. The van der Waals surface area contributed by atoms with Crippen molar-refractivity contribution in [2.75, 3.05) is 30.9 Å². The summed E-state index contributed by atoms with van der Waals surface area (Å²) in [4.78, 5) is 31.1.